The van der Waals surface area contributed by atoms with Crippen molar-refractivity contribution in [1.29, 1.82) is 0 Å². The summed E-state index contributed by atoms with van der Waals surface area (Å²) in [5.74, 6) is -0.216. The van der Waals surface area contributed by atoms with Gasteiger partial charge in [0.15, 0.2) is 0 Å². The quantitative estimate of drug-likeness (QED) is 0.591. The number of hydrogen-bond acceptors (Lipinski definition) is 3. The summed E-state index contributed by atoms with van der Waals surface area (Å²) in [5.41, 5.74) is 1.70. The van der Waals surface area contributed by atoms with E-state index in [0.717, 1.165) is 17.4 Å². The van der Waals surface area contributed by atoms with Gasteiger partial charge in [0.25, 0.3) is 0 Å². The number of amides is 1. The minimum Gasteiger partial charge on any atom is -0.352 e. The molecule has 0 aliphatic carbocycles. The molecule has 5 nitrogen and oxygen atoms in total. The van der Waals surface area contributed by atoms with Crippen molar-refractivity contribution >= 4 is 33.1 Å². The summed E-state index contributed by atoms with van der Waals surface area (Å²) in [6.07, 6.45) is 3.13. The molecule has 2 N–H and O–H groups in total. The lowest BCUT2D eigenvalue weighted by molar-refractivity contribution is -0.116. The molecule has 0 saturated heterocycles. The molecular formula is C14H19ClN2O3S. The maximum absolute atomic E-state index is 11.7. The molecule has 0 aromatic heterocycles. The summed E-state index contributed by atoms with van der Waals surface area (Å²) in [6.45, 7) is 2.53. The molecule has 1 amide bonds. The summed E-state index contributed by atoms with van der Waals surface area (Å²) in [5, 5.41) is 3.32. The monoisotopic (exact) mass is 330 g/mol. The molecule has 116 valence electrons. The first-order valence-corrected chi connectivity index (χ1v) is 8.71. The number of sulfonamides is 1. The molecule has 0 saturated carbocycles. The number of rotatable bonds is 7. The van der Waals surface area contributed by atoms with Crippen molar-refractivity contribution < 1.29 is 13.2 Å². The van der Waals surface area contributed by atoms with Crippen LogP contribution in [0.1, 0.15) is 18.9 Å². The van der Waals surface area contributed by atoms with Crippen molar-refractivity contribution in [3.05, 3.63) is 40.9 Å². The Hall–Kier alpha value is -1.37. The van der Waals surface area contributed by atoms with E-state index in [1.807, 2.05) is 19.1 Å². The van der Waals surface area contributed by atoms with Crippen LogP contribution in [-0.2, 0) is 14.8 Å². The van der Waals surface area contributed by atoms with Gasteiger partial charge in [-0.3, -0.25) is 4.79 Å². The fourth-order valence-corrected chi connectivity index (χ4v) is 2.33. The fraction of sp³-hybridized carbons (Fsp3) is 0.357. The van der Waals surface area contributed by atoms with E-state index in [0.29, 0.717) is 24.5 Å². The van der Waals surface area contributed by atoms with Crippen molar-refractivity contribution in [2.75, 3.05) is 19.3 Å². The van der Waals surface area contributed by atoms with Crippen LogP contribution in [0.2, 0.25) is 5.02 Å². The van der Waals surface area contributed by atoms with Gasteiger partial charge in [-0.1, -0.05) is 23.7 Å². The zero-order valence-corrected chi connectivity index (χ0v) is 13.6. The van der Waals surface area contributed by atoms with E-state index in [1.54, 1.807) is 12.1 Å². The van der Waals surface area contributed by atoms with Gasteiger partial charge in [-0.05, 0) is 36.6 Å². The molecular weight excluding hydrogens is 312 g/mol. The lowest BCUT2D eigenvalue weighted by atomic mass is 10.1. The van der Waals surface area contributed by atoms with Gasteiger partial charge < -0.3 is 5.32 Å². The summed E-state index contributed by atoms with van der Waals surface area (Å²) >= 11 is 5.90. The molecule has 1 rings (SSSR count). The Morgan fingerprint density at radius 2 is 2.05 bits per heavy atom. The molecule has 1 aromatic carbocycles. The van der Waals surface area contributed by atoms with E-state index in [2.05, 4.69) is 10.0 Å². The highest BCUT2D eigenvalue weighted by molar-refractivity contribution is 7.88. The molecule has 21 heavy (non-hydrogen) atoms. The maximum atomic E-state index is 11.7. The van der Waals surface area contributed by atoms with Gasteiger partial charge in [0.2, 0.25) is 15.9 Å². The van der Waals surface area contributed by atoms with E-state index in [9.17, 15) is 13.2 Å². The Labute approximate surface area is 130 Å². The molecule has 0 spiro atoms. The largest absolute Gasteiger partial charge is 0.352 e. The van der Waals surface area contributed by atoms with Crippen molar-refractivity contribution in [2.24, 2.45) is 0 Å². The van der Waals surface area contributed by atoms with Crippen LogP contribution in [-0.4, -0.2) is 33.7 Å². The summed E-state index contributed by atoms with van der Waals surface area (Å²) in [4.78, 5) is 11.7. The third kappa shape index (κ3) is 7.84. The Kier molecular flexibility index (Phi) is 6.87. The van der Waals surface area contributed by atoms with Crippen LogP contribution >= 0.6 is 11.6 Å². The topological polar surface area (TPSA) is 75.3 Å². The van der Waals surface area contributed by atoms with Gasteiger partial charge in [-0.25, -0.2) is 13.1 Å². The second-order valence-corrected chi connectivity index (χ2v) is 6.92. The van der Waals surface area contributed by atoms with Crippen LogP contribution in [0, 0.1) is 0 Å². The molecule has 0 fully saturated rings. The Bertz CT molecular complexity index is 627. The predicted octanol–water partition coefficient (Wildman–Crippen LogP) is 1.80. The highest BCUT2D eigenvalue weighted by Crippen LogP contribution is 2.17. The molecule has 0 aliphatic heterocycles. The summed E-state index contributed by atoms with van der Waals surface area (Å²) < 4.78 is 24.0. The standard InChI is InChI=1S/C14H19ClN2O3S/c1-11(12-5-3-6-13(15)10-12)9-14(18)16-7-4-8-17-21(2,19)20/h3,5-6,9-10,17H,4,7-8H2,1-2H3,(H,16,18). The minimum absolute atomic E-state index is 0.216. The molecule has 0 aliphatic rings. The minimum atomic E-state index is -3.17. The van der Waals surface area contributed by atoms with Crippen LogP contribution in [0.15, 0.2) is 30.3 Å². The van der Waals surface area contributed by atoms with Crippen molar-refractivity contribution in [3.8, 4) is 0 Å². The zero-order valence-electron chi connectivity index (χ0n) is 12.0. The third-order valence-corrected chi connectivity index (χ3v) is 3.61. The van der Waals surface area contributed by atoms with Crippen LogP contribution in [0.4, 0.5) is 0 Å². The molecule has 1 aromatic rings. The summed E-state index contributed by atoms with van der Waals surface area (Å²) in [7, 11) is -3.17. The Morgan fingerprint density at radius 1 is 1.33 bits per heavy atom. The smallest absolute Gasteiger partial charge is 0.244 e. The molecule has 0 bridgehead atoms. The van der Waals surface area contributed by atoms with Crippen LogP contribution in [0.25, 0.3) is 5.57 Å². The predicted molar refractivity (Wildman–Crippen MR) is 85.6 cm³/mol. The molecule has 0 atom stereocenters. The second-order valence-electron chi connectivity index (χ2n) is 4.65. The number of allylic oxidation sites excluding steroid dienone is 1. The van der Waals surface area contributed by atoms with Gasteiger partial charge in [-0.15, -0.1) is 0 Å². The van der Waals surface area contributed by atoms with E-state index < -0.39 is 10.0 Å². The van der Waals surface area contributed by atoms with Crippen molar-refractivity contribution in [1.82, 2.24) is 10.0 Å². The Balaban J connectivity index is 2.41. The highest BCUT2D eigenvalue weighted by Gasteiger charge is 2.02. The number of halogens is 1. The molecule has 7 heteroatoms. The number of carbonyl (C=O) groups excluding carboxylic acids is 1. The van der Waals surface area contributed by atoms with Gasteiger partial charge in [0.05, 0.1) is 6.26 Å². The van der Waals surface area contributed by atoms with Gasteiger partial charge >= 0.3 is 0 Å². The van der Waals surface area contributed by atoms with E-state index in [1.165, 1.54) is 6.08 Å². The molecule has 0 unspecified atom stereocenters. The van der Waals surface area contributed by atoms with Crippen LogP contribution < -0.4 is 10.0 Å². The number of benzene rings is 1. The first-order valence-electron chi connectivity index (χ1n) is 6.44. The average molecular weight is 331 g/mol. The lowest BCUT2D eigenvalue weighted by Crippen LogP contribution is -2.28. The van der Waals surface area contributed by atoms with Crippen molar-refractivity contribution in [3.63, 3.8) is 0 Å². The normalized spacial score (nSPS) is 12.2. The number of nitrogens with one attached hydrogen (secondary N) is 2. The maximum Gasteiger partial charge on any atom is 0.244 e. The first-order chi connectivity index (χ1) is 9.78. The van der Waals surface area contributed by atoms with Crippen molar-refractivity contribution in [2.45, 2.75) is 13.3 Å². The zero-order chi connectivity index (χ0) is 15.9. The number of hydrogen-bond donors (Lipinski definition) is 2. The van der Waals surface area contributed by atoms with Crippen LogP contribution in [0.5, 0.6) is 0 Å². The molecule has 0 heterocycles. The summed E-state index contributed by atoms with van der Waals surface area (Å²) in [6, 6.07) is 7.26. The third-order valence-electron chi connectivity index (χ3n) is 2.64. The van der Waals surface area contributed by atoms with E-state index >= 15 is 0 Å². The SMILES string of the molecule is CC(=CC(=O)NCCCNS(C)(=O)=O)c1cccc(Cl)c1. The lowest BCUT2D eigenvalue weighted by Gasteiger charge is -2.05. The van der Waals surface area contributed by atoms with Gasteiger partial charge in [-0.2, -0.15) is 0 Å². The highest BCUT2D eigenvalue weighted by atomic mass is 35.5. The van der Waals surface area contributed by atoms with E-state index in [-0.39, 0.29) is 5.91 Å². The second kappa shape index (κ2) is 8.17. The van der Waals surface area contributed by atoms with Crippen LogP contribution in [0.3, 0.4) is 0 Å². The van der Waals surface area contributed by atoms with E-state index in [4.69, 9.17) is 11.6 Å². The first kappa shape index (κ1) is 17.7. The molecule has 0 radical (unpaired) electrons. The fourth-order valence-electron chi connectivity index (χ4n) is 1.62. The Morgan fingerprint density at radius 3 is 2.67 bits per heavy atom. The van der Waals surface area contributed by atoms with Gasteiger partial charge in [0.1, 0.15) is 0 Å². The average Bonchev–Trinajstić information content (AvgIpc) is 2.36. The number of carbonyl (C=O) groups is 1. The van der Waals surface area contributed by atoms with Gasteiger partial charge in [0, 0.05) is 24.2 Å².